The summed E-state index contributed by atoms with van der Waals surface area (Å²) in [5.41, 5.74) is 5.97. The van der Waals surface area contributed by atoms with Gasteiger partial charge in [-0.1, -0.05) is 31.4 Å². The number of halogens is 1. The quantitative estimate of drug-likeness (QED) is 0.823. The van der Waals surface area contributed by atoms with Crippen molar-refractivity contribution in [2.75, 3.05) is 19.3 Å². The average Bonchev–Trinajstić information content (AvgIpc) is 2.32. The van der Waals surface area contributed by atoms with Crippen LogP contribution in [-0.4, -0.2) is 29.4 Å². The Hall–Kier alpha value is -1.29. The van der Waals surface area contributed by atoms with E-state index >= 15 is 0 Å². The Morgan fingerprint density at radius 3 is 2.82 bits per heavy atom. The zero-order valence-electron chi connectivity index (χ0n) is 10.2. The lowest BCUT2D eigenvalue weighted by atomic mass is 10.2. The summed E-state index contributed by atoms with van der Waals surface area (Å²) in [6.45, 7) is 2.88. The molecule has 1 aromatic rings. The maximum atomic E-state index is 12.0. The van der Waals surface area contributed by atoms with Crippen LogP contribution < -0.4 is 5.73 Å². The highest BCUT2D eigenvalue weighted by Crippen LogP contribution is 2.17. The van der Waals surface area contributed by atoms with Crippen molar-refractivity contribution in [3.05, 3.63) is 22.8 Å². The second-order valence-electron chi connectivity index (χ2n) is 4.02. The average molecular weight is 256 g/mol. The first kappa shape index (κ1) is 13.8. The Morgan fingerprint density at radius 2 is 2.24 bits per heavy atom. The molecule has 0 bridgehead atoms. The highest BCUT2D eigenvalue weighted by atomic mass is 35.5. The highest BCUT2D eigenvalue weighted by molar-refractivity contribution is 6.33. The number of carbonyl (C=O) groups is 1. The second-order valence-corrected chi connectivity index (χ2v) is 4.43. The molecule has 5 heteroatoms. The minimum atomic E-state index is -0.0736. The van der Waals surface area contributed by atoms with E-state index in [4.69, 9.17) is 17.3 Å². The summed E-state index contributed by atoms with van der Waals surface area (Å²) < 4.78 is 0. The van der Waals surface area contributed by atoms with E-state index in [9.17, 15) is 4.79 Å². The van der Waals surface area contributed by atoms with Gasteiger partial charge in [0.1, 0.15) is 5.82 Å². The number of nitrogens with zero attached hydrogens (tertiary/aromatic N) is 2. The van der Waals surface area contributed by atoms with E-state index in [1.165, 1.54) is 6.20 Å². The Bertz CT molecular complexity index is 395. The molecule has 0 unspecified atom stereocenters. The fraction of sp³-hybridized carbons (Fsp3) is 0.500. The van der Waals surface area contributed by atoms with Crippen LogP contribution in [0.15, 0.2) is 12.3 Å². The molecule has 4 nitrogen and oxygen atoms in total. The molecule has 0 aromatic carbocycles. The number of hydrogen-bond acceptors (Lipinski definition) is 3. The summed E-state index contributed by atoms with van der Waals surface area (Å²) in [6, 6.07) is 1.56. The van der Waals surface area contributed by atoms with Gasteiger partial charge in [0.25, 0.3) is 5.91 Å². The van der Waals surface area contributed by atoms with Gasteiger partial charge in [0.15, 0.2) is 0 Å². The molecule has 0 aliphatic rings. The van der Waals surface area contributed by atoms with E-state index in [2.05, 4.69) is 11.9 Å². The zero-order valence-corrected chi connectivity index (χ0v) is 11.0. The molecule has 0 aliphatic heterocycles. The molecule has 0 saturated carbocycles. The predicted molar refractivity (Wildman–Crippen MR) is 70.1 cm³/mol. The van der Waals surface area contributed by atoms with Crippen LogP contribution in [0.25, 0.3) is 0 Å². The SMILES string of the molecule is CCCCCN(C)C(=O)c1cnc(N)c(Cl)c1. The minimum absolute atomic E-state index is 0.0736. The van der Waals surface area contributed by atoms with Crippen LogP contribution in [0, 0.1) is 0 Å². The summed E-state index contributed by atoms with van der Waals surface area (Å²) in [6.07, 6.45) is 4.73. The molecule has 0 spiro atoms. The maximum absolute atomic E-state index is 12.0. The monoisotopic (exact) mass is 255 g/mol. The van der Waals surface area contributed by atoms with Crippen LogP contribution in [0.4, 0.5) is 5.82 Å². The van der Waals surface area contributed by atoms with Gasteiger partial charge < -0.3 is 10.6 Å². The lowest BCUT2D eigenvalue weighted by molar-refractivity contribution is 0.0792. The lowest BCUT2D eigenvalue weighted by Crippen LogP contribution is -2.27. The molecule has 0 saturated heterocycles. The van der Waals surface area contributed by atoms with Gasteiger partial charge in [-0.15, -0.1) is 0 Å². The van der Waals surface area contributed by atoms with E-state index in [0.717, 1.165) is 25.8 Å². The van der Waals surface area contributed by atoms with E-state index in [1.807, 2.05) is 0 Å². The number of rotatable bonds is 5. The normalized spacial score (nSPS) is 10.3. The first-order valence-electron chi connectivity index (χ1n) is 5.72. The number of pyridine rings is 1. The third-order valence-corrected chi connectivity index (χ3v) is 2.86. The van der Waals surface area contributed by atoms with Gasteiger partial charge in [-0.2, -0.15) is 0 Å². The van der Waals surface area contributed by atoms with Crippen molar-refractivity contribution in [3.63, 3.8) is 0 Å². The number of hydrogen-bond donors (Lipinski definition) is 1. The van der Waals surface area contributed by atoms with Gasteiger partial charge in [0.05, 0.1) is 10.6 Å². The minimum Gasteiger partial charge on any atom is -0.382 e. The van der Waals surface area contributed by atoms with Crippen LogP contribution in [0.5, 0.6) is 0 Å². The number of carbonyl (C=O) groups excluding carboxylic acids is 1. The van der Waals surface area contributed by atoms with Crippen LogP contribution >= 0.6 is 11.6 Å². The summed E-state index contributed by atoms with van der Waals surface area (Å²) in [5.74, 6) is 0.173. The highest BCUT2D eigenvalue weighted by Gasteiger charge is 2.12. The summed E-state index contributed by atoms with van der Waals surface area (Å²) >= 11 is 5.83. The second kappa shape index (κ2) is 6.45. The number of anilines is 1. The smallest absolute Gasteiger partial charge is 0.255 e. The first-order chi connectivity index (χ1) is 8.06. The molecule has 1 heterocycles. The molecule has 1 amide bonds. The van der Waals surface area contributed by atoms with Gasteiger partial charge in [-0.05, 0) is 12.5 Å². The largest absolute Gasteiger partial charge is 0.382 e. The molecule has 1 rings (SSSR count). The zero-order chi connectivity index (χ0) is 12.8. The first-order valence-corrected chi connectivity index (χ1v) is 6.10. The number of nitrogens with two attached hydrogens (primary N) is 1. The molecular weight excluding hydrogens is 238 g/mol. The van der Waals surface area contributed by atoms with Crippen molar-refractivity contribution in [2.24, 2.45) is 0 Å². The van der Waals surface area contributed by atoms with Crippen LogP contribution in [0.1, 0.15) is 36.5 Å². The lowest BCUT2D eigenvalue weighted by Gasteiger charge is -2.17. The third-order valence-electron chi connectivity index (χ3n) is 2.56. The molecule has 2 N–H and O–H groups in total. The molecule has 17 heavy (non-hydrogen) atoms. The molecule has 1 aromatic heterocycles. The Balaban J connectivity index is 2.65. The maximum Gasteiger partial charge on any atom is 0.255 e. The number of aromatic nitrogens is 1. The van der Waals surface area contributed by atoms with Crippen molar-refractivity contribution in [1.29, 1.82) is 0 Å². The molecule has 0 aliphatic carbocycles. The molecular formula is C12H18ClN3O. The number of unbranched alkanes of at least 4 members (excludes halogenated alkanes) is 2. The molecule has 0 radical (unpaired) electrons. The fourth-order valence-corrected chi connectivity index (χ4v) is 1.65. The van der Waals surface area contributed by atoms with Gasteiger partial charge >= 0.3 is 0 Å². The van der Waals surface area contributed by atoms with Crippen molar-refractivity contribution >= 4 is 23.3 Å². The Kier molecular flexibility index (Phi) is 5.22. The summed E-state index contributed by atoms with van der Waals surface area (Å²) in [7, 11) is 1.78. The standard InChI is InChI=1S/C12H18ClN3O/c1-3-4-5-6-16(2)12(17)9-7-10(13)11(14)15-8-9/h7-8H,3-6H2,1-2H3,(H2,14,15). The molecule has 94 valence electrons. The van der Waals surface area contributed by atoms with Crippen LogP contribution in [-0.2, 0) is 0 Å². The molecule has 0 atom stereocenters. The Labute approximate surface area is 107 Å². The van der Waals surface area contributed by atoms with Crippen LogP contribution in [0.2, 0.25) is 5.02 Å². The van der Waals surface area contributed by atoms with Crippen molar-refractivity contribution < 1.29 is 4.79 Å². The van der Waals surface area contributed by atoms with E-state index in [1.54, 1.807) is 18.0 Å². The number of nitrogen functional groups attached to an aromatic ring is 1. The van der Waals surface area contributed by atoms with Gasteiger partial charge in [0.2, 0.25) is 0 Å². The van der Waals surface area contributed by atoms with Crippen molar-refractivity contribution in [3.8, 4) is 0 Å². The van der Waals surface area contributed by atoms with E-state index in [-0.39, 0.29) is 11.7 Å². The summed E-state index contributed by atoms with van der Waals surface area (Å²) in [4.78, 5) is 17.5. The number of amides is 1. The predicted octanol–water partition coefficient (Wildman–Crippen LogP) is 2.58. The van der Waals surface area contributed by atoms with Crippen LogP contribution in [0.3, 0.4) is 0 Å². The topological polar surface area (TPSA) is 59.2 Å². The third kappa shape index (κ3) is 3.89. The molecule has 0 fully saturated rings. The van der Waals surface area contributed by atoms with Gasteiger partial charge in [-0.25, -0.2) is 4.98 Å². The van der Waals surface area contributed by atoms with Crippen molar-refractivity contribution in [2.45, 2.75) is 26.2 Å². The Morgan fingerprint density at radius 1 is 1.53 bits per heavy atom. The van der Waals surface area contributed by atoms with Gasteiger partial charge in [0, 0.05) is 19.8 Å². The summed E-state index contributed by atoms with van der Waals surface area (Å²) in [5, 5.41) is 0.317. The van der Waals surface area contributed by atoms with Crippen molar-refractivity contribution in [1.82, 2.24) is 9.88 Å². The van der Waals surface area contributed by atoms with E-state index in [0.29, 0.717) is 10.6 Å². The van der Waals surface area contributed by atoms with Gasteiger partial charge in [-0.3, -0.25) is 4.79 Å². The van der Waals surface area contributed by atoms with E-state index < -0.39 is 0 Å². The fourth-order valence-electron chi connectivity index (χ4n) is 1.49.